The third-order valence-electron chi connectivity index (χ3n) is 7.20. The van der Waals surface area contributed by atoms with Crippen LogP contribution >= 0.6 is 11.3 Å². The first-order valence-corrected chi connectivity index (χ1v) is 14.5. The summed E-state index contributed by atoms with van der Waals surface area (Å²) in [6, 6.07) is 9.26. The van der Waals surface area contributed by atoms with Crippen molar-refractivity contribution in [1.29, 1.82) is 0 Å². The minimum Gasteiger partial charge on any atom is -0.484 e. The smallest absolute Gasteiger partial charge is 0.411 e. The van der Waals surface area contributed by atoms with E-state index < -0.39 is 12.2 Å². The van der Waals surface area contributed by atoms with E-state index in [1.165, 1.54) is 27.1 Å². The fourth-order valence-corrected chi connectivity index (χ4v) is 6.29. The molecule has 0 spiro atoms. The first-order chi connectivity index (χ1) is 21.3. The summed E-state index contributed by atoms with van der Waals surface area (Å²) < 4.78 is 20.2. The Labute approximate surface area is 254 Å². The van der Waals surface area contributed by atoms with Crippen molar-refractivity contribution in [1.82, 2.24) is 34.7 Å². The number of benzene rings is 2. The van der Waals surface area contributed by atoms with Crippen molar-refractivity contribution >= 4 is 44.4 Å². The van der Waals surface area contributed by atoms with Gasteiger partial charge in [0, 0.05) is 5.56 Å². The number of aryl methyl sites for hydroxylation is 3. The van der Waals surface area contributed by atoms with E-state index in [0.29, 0.717) is 34.7 Å². The second-order valence-corrected chi connectivity index (χ2v) is 11.4. The zero-order chi connectivity index (χ0) is 30.5. The fraction of sp³-hybridized carbons (Fsp3) is 0.233. The Bertz CT molecular complexity index is 2060. The number of rotatable bonds is 6. The maximum Gasteiger partial charge on any atom is 0.411 e. The molecule has 2 aromatic carbocycles. The third kappa shape index (κ3) is 4.88. The van der Waals surface area contributed by atoms with Crippen molar-refractivity contribution < 1.29 is 24.1 Å². The molecule has 7 rings (SSSR count). The van der Waals surface area contributed by atoms with Crippen LogP contribution in [0.5, 0.6) is 17.4 Å². The Hall–Kier alpha value is -5.37. The molecule has 1 amide bonds. The van der Waals surface area contributed by atoms with Crippen LogP contribution in [0.4, 0.5) is 10.5 Å². The van der Waals surface area contributed by atoms with Crippen LogP contribution in [0.1, 0.15) is 17.0 Å². The lowest BCUT2D eigenvalue weighted by atomic mass is 10.1. The predicted octanol–water partition coefficient (Wildman–Crippen LogP) is 5.14. The van der Waals surface area contributed by atoms with Crippen molar-refractivity contribution in [3.05, 3.63) is 66.0 Å². The molecule has 13 nitrogen and oxygen atoms in total. The lowest BCUT2D eigenvalue weighted by Crippen LogP contribution is -2.43. The monoisotopic (exact) mass is 610 g/mol. The second kappa shape index (κ2) is 10.7. The van der Waals surface area contributed by atoms with Gasteiger partial charge in [0.25, 0.3) is 0 Å². The highest BCUT2D eigenvalue weighted by Crippen LogP contribution is 2.46. The van der Waals surface area contributed by atoms with Crippen LogP contribution in [0.15, 0.2) is 49.1 Å². The van der Waals surface area contributed by atoms with E-state index in [2.05, 4.69) is 25.0 Å². The van der Waals surface area contributed by atoms with Crippen molar-refractivity contribution in [2.45, 2.75) is 26.9 Å². The quantitative estimate of drug-likeness (QED) is 0.267. The lowest BCUT2D eigenvalue weighted by molar-refractivity contribution is 0.0961. The van der Waals surface area contributed by atoms with E-state index in [-0.39, 0.29) is 13.2 Å². The summed E-state index contributed by atoms with van der Waals surface area (Å²) in [5.41, 5.74) is 5.47. The number of thiazole rings is 1. The van der Waals surface area contributed by atoms with Gasteiger partial charge in [-0.05, 0) is 62.2 Å². The molecule has 5 heterocycles. The van der Waals surface area contributed by atoms with E-state index in [1.54, 1.807) is 38.7 Å². The number of anilines is 1. The van der Waals surface area contributed by atoms with Gasteiger partial charge in [0.1, 0.15) is 28.5 Å². The molecular weight excluding hydrogens is 584 g/mol. The molecule has 1 N–H and O–H groups in total. The number of carbonyl (C=O) groups is 1. The second-order valence-electron chi connectivity index (χ2n) is 10.4. The number of fused-ring (bicyclic) bond motifs is 4. The topological polar surface area (TPSA) is 150 Å². The zero-order valence-electron chi connectivity index (χ0n) is 24.2. The summed E-state index contributed by atoms with van der Waals surface area (Å²) in [5.74, 6) is 2.71. The number of hydrogen-bond donors (Lipinski definition) is 1. The molecule has 0 unspecified atom stereocenters. The Kier molecular flexibility index (Phi) is 6.69. The molecular formula is C30H26N8O5S. The van der Waals surface area contributed by atoms with Gasteiger partial charge >= 0.3 is 6.09 Å². The molecule has 0 aliphatic carbocycles. The van der Waals surface area contributed by atoms with Crippen LogP contribution in [0.3, 0.4) is 0 Å². The molecule has 0 fully saturated rings. The maximum absolute atomic E-state index is 12.2. The normalized spacial score (nSPS) is 14.2. The van der Waals surface area contributed by atoms with Gasteiger partial charge in [0.05, 0.1) is 48.3 Å². The van der Waals surface area contributed by atoms with Gasteiger partial charge in [-0.1, -0.05) is 0 Å². The average Bonchev–Trinajstić information content (AvgIpc) is 3.66. The Morgan fingerprint density at radius 1 is 1.11 bits per heavy atom. The predicted molar refractivity (Wildman–Crippen MR) is 163 cm³/mol. The molecule has 0 saturated carbocycles. The highest BCUT2D eigenvalue weighted by molar-refractivity contribution is 7.22. The highest BCUT2D eigenvalue weighted by Gasteiger charge is 2.30. The highest BCUT2D eigenvalue weighted by atomic mass is 32.1. The molecule has 0 saturated heterocycles. The number of aromatic nitrogens is 7. The first kappa shape index (κ1) is 27.5. The van der Waals surface area contributed by atoms with Crippen molar-refractivity contribution in [3.8, 4) is 33.8 Å². The molecule has 14 heteroatoms. The number of pyridine rings is 1. The van der Waals surface area contributed by atoms with E-state index in [9.17, 15) is 9.90 Å². The van der Waals surface area contributed by atoms with Crippen molar-refractivity contribution in [2.24, 2.45) is 0 Å². The third-order valence-corrected chi connectivity index (χ3v) is 8.28. The number of methoxy groups -OCH3 is 1. The number of amides is 1. The summed E-state index contributed by atoms with van der Waals surface area (Å²) in [4.78, 5) is 36.0. The van der Waals surface area contributed by atoms with Crippen LogP contribution in [0, 0.1) is 20.8 Å². The Morgan fingerprint density at radius 2 is 1.98 bits per heavy atom. The molecule has 1 aliphatic heterocycles. The first-order valence-electron chi connectivity index (χ1n) is 13.7. The molecule has 1 atom stereocenters. The summed E-state index contributed by atoms with van der Waals surface area (Å²) in [6.45, 7) is 5.95. The van der Waals surface area contributed by atoms with Crippen LogP contribution < -0.4 is 19.1 Å². The van der Waals surface area contributed by atoms with Crippen LogP contribution in [-0.4, -0.2) is 72.3 Å². The lowest BCUT2D eigenvalue weighted by Gasteiger charge is -2.30. The molecule has 1 aliphatic rings. The Morgan fingerprint density at radius 3 is 2.70 bits per heavy atom. The zero-order valence-corrected chi connectivity index (χ0v) is 25.0. The van der Waals surface area contributed by atoms with Gasteiger partial charge in [-0.3, -0.25) is 4.90 Å². The van der Waals surface area contributed by atoms with Crippen LogP contribution in [-0.2, 0) is 0 Å². The number of hydrogen-bond acceptors (Lipinski definition) is 11. The van der Waals surface area contributed by atoms with E-state index >= 15 is 0 Å². The maximum atomic E-state index is 12.2. The van der Waals surface area contributed by atoms with E-state index in [1.807, 2.05) is 32.0 Å². The van der Waals surface area contributed by atoms with Gasteiger partial charge in [0.15, 0.2) is 23.4 Å². The van der Waals surface area contributed by atoms with E-state index in [0.717, 1.165) is 42.9 Å². The van der Waals surface area contributed by atoms with Gasteiger partial charge < -0.3 is 19.3 Å². The summed E-state index contributed by atoms with van der Waals surface area (Å²) >= 11 is 1.49. The summed E-state index contributed by atoms with van der Waals surface area (Å²) in [6.07, 6.45) is 2.96. The standard InChI is InChI=1S/C30H26N8O5S/c1-15-7-20(26-21(8-15)34-24(41-4)11-32-26)29-35-25-16(2)9-22-27(28(25)44-29)42-13-19(43-22)12-37(30(39)40)18-5-6-23(31-10-18)38-14-33-17(3)36-38/h5-11,14,19H,12-13H2,1-4H3,(H,39,40)/t19-/m1/s1. The number of nitrogens with zero attached hydrogens (tertiary/aromatic N) is 8. The molecule has 0 radical (unpaired) electrons. The SMILES string of the molecule is COc1cnc2c(-c3nc4c(C)cc5c(c4s3)OC[C@@H](CN(C(=O)O)c3ccc(-n4cnc(C)n4)nc3)O5)cc(C)cc2n1. The minimum atomic E-state index is -1.13. The molecule has 222 valence electrons. The van der Waals surface area contributed by atoms with Crippen molar-refractivity contribution in [2.75, 3.05) is 25.2 Å². The number of ether oxygens (including phenoxy) is 3. The molecule has 44 heavy (non-hydrogen) atoms. The number of carboxylic acid groups (broad SMARTS) is 1. The molecule has 0 bridgehead atoms. The van der Waals surface area contributed by atoms with Crippen molar-refractivity contribution in [3.63, 3.8) is 0 Å². The van der Waals surface area contributed by atoms with Gasteiger partial charge in [-0.2, -0.15) is 5.10 Å². The van der Waals surface area contributed by atoms with Gasteiger partial charge in [-0.25, -0.2) is 34.4 Å². The minimum absolute atomic E-state index is 0.0423. The van der Waals surface area contributed by atoms with Gasteiger partial charge in [-0.15, -0.1) is 11.3 Å². The van der Waals surface area contributed by atoms with Crippen LogP contribution in [0.25, 0.3) is 37.6 Å². The van der Waals surface area contributed by atoms with Gasteiger partial charge in [0.2, 0.25) is 5.88 Å². The fourth-order valence-electron chi connectivity index (χ4n) is 5.14. The van der Waals surface area contributed by atoms with Crippen LogP contribution in [0.2, 0.25) is 0 Å². The Balaban J connectivity index is 1.17. The summed E-state index contributed by atoms with van der Waals surface area (Å²) in [7, 11) is 1.56. The summed E-state index contributed by atoms with van der Waals surface area (Å²) in [5, 5.41) is 15.0. The van der Waals surface area contributed by atoms with E-state index in [4.69, 9.17) is 19.2 Å². The largest absolute Gasteiger partial charge is 0.484 e. The average molecular weight is 611 g/mol. The molecule has 6 aromatic rings. The molecule has 4 aromatic heterocycles.